The minimum Gasteiger partial charge on any atom is -0.412 e. The Morgan fingerprint density at radius 2 is 1.82 bits per heavy atom. The van der Waals surface area contributed by atoms with Crippen LogP contribution in [0.4, 0.5) is 5.69 Å². The van der Waals surface area contributed by atoms with Crippen LogP contribution >= 0.6 is 23.2 Å². The molecule has 3 heterocycles. The number of aromatic nitrogens is 3. The van der Waals surface area contributed by atoms with Gasteiger partial charge in [0.15, 0.2) is 0 Å². The molecule has 0 fully saturated rings. The van der Waals surface area contributed by atoms with Gasteiger partial charge in [0.2, 0.25) is 0 Å². The molecule has 0 unspecified atom stereocenters. The van der Waals surface area contributed by atoms with E-state index in [0.29, 0.717) is 23.1 Å². The van der Waals surface area contributed by atoms with E-state index in [1.165, 1.54) is 12.4 Å². The molecule has 0 spiro atoms. The molecule has 11 heteroatoms. The maximum Gasteiger partial charge on any atom is 0.296 e. The van der Waals surface area contributed by atoms with Crippen LogP contribution in [0.25, 0.3) is 11.0 Å². The van der Waals surface area contributed by atoms with Gasteiger partial charge in [-0.2, -0.15) is 5.26 Å². The third kappa shape index (κ3) is 5.16. The fourth-order valence-electron chi connectivity index (χ4n) is 3.18. The van der Waals surface area contributed by atoms with Crippen molar-refractivity contribution in [1.82, 2.24) is 14.5 Å². The van der Waals surface area contributed by atoms with Crippen LogP contribution in [0.3, 0.4) is 0 Å². The Kier molecular flexibility index (Phi) is 8.23. The monoisotopic (exact) mass is 485 g/mol. The highest BCUT2D eigenvalue weighted by Gasteiger charge is 2.23. The summed E-state index contributed by atoms with van der Waals surface area (Å²) in [6.07, 6.45) is 5.82. The molecule has 0 saturated carbocycles. The van der Waals surface area contributed by atoms with E-state index in [1.54, 1.807) is 47.3 Å². The first-order chi connectivity index (χ1) is 15.0. The minimum atomic E-state index is -0.885. The van der Waals surface area contributed by atoms with E-state index in [0.717, 1.165) is 5.56 Å². The summed E-state index contributed by atoms with van der Waals surface area (Å²) in [5, 5.41) is 12.3. The Morgan fingerprint density at radius 3 is 2.52 bits per heavy atom. The molecule has 3 aromatic heterocycles. The highest BCUT2D eigenvalue weighted by molar-refractivity contribution is 6.50. The highest BCUT2D eigenvalue weighted by atomic mass is 35.5. The zero-order valence-corrected chi connectivity index (χ0v) is 18.4. The summed E-state index contributed by atoms with van der Waals surface area (Å²) in [7, 11) is 0. The lowest BCUT2D eigenvalue weighted by atomic mass is 10.1. The number of halogens is 2. The number of anilines is 1. The number of benzene rings is 1. The molecule has 33 heavy (non-hydrogen) atoms. The number of rotatable bonds is 5. The molecule has 0 aliphatic carbocycles. The summed E-state index contributed by atoms with van der Waals surface area (Å²) in [6.45, 7) is 0.375. The lowest BCUT2D eigenvalue weighted by molar-refractivity contribution is -0.112. The van der Waals surface area contributed by atoms with E-state index in [-0.39, 0.29) is 32.2 Å². The largest absolute Gasteiger partial charge is 0.412 e. The average molecular weight is 486 g/mol. The molecule has 0 aliphatic rings. The minimum absolute atomic E-state index is 0. The maximum atomic E-state index is 13.0. The van der Waals surface area contributed by atoms with E-state index >= 15 is 0 Å². The van der Waals surface area contributed by atoms with Gasteiger partial charge < -0.3 is 20.8 Å². The zero-order chi connectivity index (χ0) is 22.0. The molecule has 0 atom stereocenters. The normalized spacial score (nSPS) is 9.97. The Morgan fingerprint density at radius 1 is 1.09 bits per heavy atom. The predicted molar refractivity (Wildman–Crippen MR) is 124 cm³/mol. The molecular weight excluding hydrogens is 469 g/mol. The smallest absolute Gasteiger partial charge is 0.296 e. The molecule has 4 rings (SSSR count). The predicted octanol–water partition coefficient (Wildman–Crippen LogP) is 2.83. The summed E-state index contributed by atoms with van der Waals surface area (Å²) in [5.74, 6) is -1.64. The Balaban J connectivity index is 0.00000193. The second-order valence-electron chi connectivity index (χ2n) is 6.62. The van der Waals surface area contributed by atoms with Crippen LogP contribution in [-0.4, -0.2) is 37.2 Å². The van der Waals surface area contributed by atoms with Crippen LogP contribution in [0.15, 0.2) is 61.2 Å². The lowest BCUT2D eigenvalue weighted by Crippen LogP contribution is -2.23. The van der Waals surface area contributed by atoms with Crippen molar-refractivity contribution in [3.63, 3.8) is 0 Å². The number of pyridine rings is 2. The first-order valence-corrected chi connectivity index (χ1v) is 9.81. The van der Waals surface area contributed by atoms with Gasteiger partial charge >= 0.3 is 0 Å². The number of nitrogens with one attached hydrogen (secondary N) is 1. The third-order valence-corrected chi connectivity index (χ3v) is 5.16. The van der Waals surface area contributed by atoms with E-state index in [1.807, 2.05) is 6.07 Å². The van der Waals surface area contributed by atoms with E-state index in [4.69, 9.17) is 28.5 Å². The van der Waals surface area contributed by atoms with Crippen LogP contribution in [0.5, 0.6) is 0 Å². The number of amides is 1. The van der Waals surface area contributed by atoms with Crippen molar-refractivity contribution in [3.05, 3.63) is 87.9 Å². The Bertz CT molecular complexity index is 1360. The number of carbonyl (C=O) groups excluding carboxylic acids is 2. The van der Waals surface area contributed by atoms with Crippen LogP contribution < -0.4 is 5.32 Å². The van der Waals surface area contributed by atoms with Gasteiger partial charge in [0.25, 0.3) is 11.7 Å². The van der Waals surface area contributed by atoms with Gasteiger partial charge in [-0.1, -0.05) is 35.3 Å². The van der Waals surface area contributed by atoms with Crippen molar-refractivity contribution in [1.29, 1.82) is 5.26 Å². The number of nitrogens with zero attached hydrogens (tertiary/aromatic N) is 4. The summed E-state index contributed by atoms with van der Waals surface area (Å²) in [4.78, 5) is 33.8. The van der Waals surface area contributed by atoms with E-state index < -0.39 is 11.7 Å². The van der Waals surface area contributed by atoms with Crippen molar-refractivity contribution in [3.8, 4) is 6.07 Å². The molecule has 5 N–H and O–H groups in total. The number of hydrogen-bond acceptors (Lipinski definition) is 5. The van der Waals surface area contributed by atoms with Crippen LogP contribution in [0.1, 0.15) is 21.5 Å². The molecule has 0 radical (unpaired) electrons. The zero-order valence-electron chi connectivity index (χ0n) is 16.8. The number of carbonyl (C=O) groups is 2. The highest BCUT2D eigenvalue weighted by Crippen LogP contribution is 2.29. The number of hydrogen-bond donors (Lipinski definition) is 1. The second-order valence-corrected chi connectivity index (χ2v) is 7.43. The summed E-state index contributed by atoms with van der Waals surface area (Å²) in [5.41, 5.74) is 2.25. The Labute approximate surface area is 197 Å². The van der Waals surface area contributed by atoms with Crippen molar-refractivity contribution in [2.45, 2.75) is 6.54 Å². The number of Topliss-reactive ketones (excluding diaryl/α,β-unsaturated/α-hetero) is 1. The van der Waals surface area contributed by atoms with E-state index in [9.17, 15) is 9.59 Å². The molecule has 0 saturated heterocycles. The standard InChI is InChI=1S/C22H13Cl2N5O2.2H2O/c23-17-9-26-10-18(24)19(17)28-22(31)20(30)16-12-29(21-15(16)5-2-6-27-21)11-14-4-1-3-13(7-14)8-25;;/h1-7,9-10,12H,11H2,(H,26,28,31);2*1H2. The summed E-state index contributed by atoms with van der Waals surface area (Å²) >= 11 is 12.1. The van der Waals surface area contributed by atoms with Crippen LogP contribution in [0.2, 0.25) is 10.0 Å². The molecule has 9 nitrogen and oxygen atoms in total. The van der Waals surface area contributed by atoms with Gasteiger partial charge in [0, 0.05) is 36.7 Å². The molecule has 1 amide bonds. The van der Waals surface area contributed by atoms with Crippen molar-refractivity contribution >= 4 is 51.6 Å². The van der Waals surface area contributed by atoms with Crippen LogP contribution in [0, 0.1) is 11.3 Å². The maximum absolute atomic E-state index is 13.0. The van der Waals surface area contributed by atoms with Crippen LogP contribution in [-0.2, 0) is 11.3 Å². The molecule has 0 bridgehead atoms. The SMILES string of the molecule is N#Cc1cccc(Cn2cc(C(=O)C(=O)Nc3c(Cl)cncc3Cl)c3cccnc32)c1.O.O. The van der Waals surface area contributed by atoms with Gasteiger partial charge in [0.1, 0.15) is 5.65 Å². The first-order valence-electron chi connectivity index (χ1n) is 9.05. The van der Waals surface area contributed by atoms with Gasteiger partial charge in [-0.3, -0.25) is 14.6 Å². The van der Waals surface area contributed by atoms with Gasteiger partial charge in [0.05, 0.1) is 32.9 Å². The number of nitriles is 1. The average Bonchev–Trinajstić information content (AvgIpc) is 3.14. The Hall–Kier alpha value is -3.81. The van der Waals surface area contributed by atoms with Crippen molar-refractivity contribution in [2.24, 2.45) is 0 Å². The quantitative estimate of drug-likeness (QED) is 0.338. The van der Waals surface area contributed by atoms with E-state index in [2.05, 4.69) is 21.4 Å². The molecular formula is C22H17Cl2N5O4. The molecule has 0 aliphatic heterocycles. The fourth-order valence-corrected chi connectivity index (χ4v) is 3.64. The molecule has 4 aromatic rings. The van der Waals surface area contributed by atoms with Crippen molar-refractivity contribution in [2.75, 3.05) is 5.32 Å². The summed E-state index contributed by atoms with van der Waals surface area (Å²) < 4.78 is 1.76. The second kappa shape index (κ2) is 10.7. The molecule has 168 valence electrons. The number of fused-ring (bicyclic) bond motifs is 1. The van der Waals surface area contributed by atoms with Gasteiger partial charge in [-0.25, -0.2) is 4.98 Å². The lowest BCUT2D eigenvalue weighted by Gasteiger charge is -2.07. The first kappa shape index (κ1) is 25.5. The topological polar surface area (TPSA) is 164 Å². The van der Waals surface area contributed by atoms with Gasteiger partial charge in [-0.05, 0) is 29.8 Å². The fraction of sp³-hybridized carbons (Fsp3) is 0.0455. The molecule has 1 aromatic carbocycles. The van der Waals surface area contributed by atoms with Gasteiger partial charge in [-0.15, -0.1) is 0 Å². The van der Waals surface area contributed by atoms with Crippen molar-refractivity contribution < 1.29 is 20.5 Å². The summed E-state index contributed by atoms with van der Waals surface area (Å²) in [6, 6.07) is 12.6. The third-order valence-electron chi connectivity index (χ3n) is 4.59. The number of ketones is 1.